The maximum atomic E-state index is 11.0. The van der Waals surface area contributed by atoms with Crippen LogP contribution in [-0.4, -0.2) is 25.8 Å². The van der Waals surface area contributed by atoms with E-state index in [1.165, 1.54) is 6.08 Å². The first-order chi connectivity index (χ1) is 7.31. The molecule has 0 heterocycles. The molecule has 0 aliphatic rings. The summed E-state index contributed by atoms with van der Waals surface area (Å²) >= 11 is 0. The Bertz CT molecular complexity index is 176. The Morgan fingerprint density at radius 3 is 2.47 bits per heavy atom. The predicted molar refractivity (Wildman–Crippen MR) is 60.7 cm³/mol. The van der Waals surface area contributed by atoms with E-state index in [1.54, 1.807) is 6.08 Å². The Morgan fingerprint density at radius 2 is 1.80 bits per heavy atom. The van der Waals surface area contributed by atoms with Gasteiger partial charge in [-0.15, -0.1) is 0 Å². The average molecular weight is 214 g/mol. The van der Waals surface area contributed by atoms with Crippen LogP contribution in [0.1, 0.15) is 39.5 Å². The summed E-state index contributed by atoms with van der Waals surface area (Å²) in [5, 5.41) is 0. The van der Waals surface area contributed by atoms with Crippen LogP contribution in [0.4, 0.5) is 0 Å². The molecule has 0 amide bonds. The lowest BCUT2D eigenvalue weighted by Gasteiger charge is -2.00. The molecule has 15 heavy (non-hydrogen) atoms. The second-order valence-corrected chi connectivity index (χ2v) is 3.35. The van der Waals surface area contributed by atoms with Crippen molar-refractivity contribution in [1.29, 1.82) is 0 Å². The largest absolute Gasteiger partial charge is 0.463 e. The Kier molecular flexibility index (Phi) is 10.6. The maximum absolute atomic E-state index is 11.0. The molecule has 0 aliphatic heterocycles. The van der Waals surface area contributed by atoms with Gasteiger partial charge in [0.25, 0.3) is 0 Å². The highest BCUT2D eigenvalue weighted by Crippen LogP contribution is 1.91. The SMILES string of the molecule is CCCCOCC=CC(=O)OCCCC. The van der Waals surface area contributed by atoms with E-state index in [-0.39, 0.29) is 5.97 Å². The second kappa shape index (κ2) is 11.2. The number of ether oxygens (including phenoxy) is 2. The smallest absolute Gasteiger partial charge is 0.330 e. The molecule has 88 valence electrons. The first-order valence-electron chi connectivity index (χ1n) is 5.72. The van der Waals surface area contributed by atoms with E-state index >= 15 is 0 Å². The zero-order valence-electron chi connectivity index (χ0n) is 9.83. The molecule has 0 fully saturated rings. The third-order valence-electron chi connectivity index (χ3n) is 1.85. The number of carbonyl (C=O) groups excluding carboxylic acids is 1. The molecule has 0 rings (SSSR count). The van der Waals surface area contributed by atoms with E-state index in [2.05, 4.69) is 13.8 Å². The summed E-state index contributed by atoms with van der Waals surface area (Å²) in [7, 11) is 0. The van der Waals surface area contributed by atoms with Crippen molar-refractivity contribution in [1.82, 2.24) is 0 Å². The van der Waals surface area contributed by atoms with Gasteiger partial charge in [-0.2, -0.15) is 0 Å². The molecular formula is C12H22O3. The van der Waals surface area contributed by atoms with E-state index in [0.717, 1.165) is 32.3 Å². The van der Waals surface area contributed by atoms with Gasteiger partial charge in [-0.1, -0.05) is 32.8 Å². The first kappa shape index (κ1) is 14.2. The highest BCUT2D eigenvalue weighted by Gasteiger charge is 1.94. The molecule has 0 spiro atoms. The predicted octanol–water partition coefficient (Wildman–Crippen LogP) is 2.70. The summed E-state index contributed by atoms with van der Waals surface area (Å²) in [6.07, 6.45) is 7.28. The molecule has 0 aromatic rings. The number of hydrogen-bond donors (Lipinski definition) is 0. The van der Waals surface area contributed by atoms with Gasteiger partial charge in [-0.05, 0) is 12.8 Å². The van der Waals surface area contributed by atoms with Gasteiger partial charge in [0.2, 0.25) is 0 Å². The Hall–Kier alpha value is -0.830. The summed E-state index contributed by atoms with van der Waals surface area (Å²) in [6, 6.07) is 0. The van der Waals surface area contributed by atoms with Gasteiger partial charge in [-0.3, -0.25) is 0 Å². The number of unbranched alkanes of at least 4 members (excludes halogenated alkanes) is 2. The van der Waals surface area contributed by atoms with E-state index in [4.69, 9.17) is 9.47 Å². The molecule has 0 N–H and O–H groups in total. The molecule has 0 atom stereocenters. The van der Waals surface area contributed by atoms with Crippen molar-refractivity contribution in [2.45, 2.75) is 39.5 Å². The van der Waals surface area contributed by atoms with Crippen molar-refractivity contribution in [2.24, 2.45) is 0 Å². The van der Waals surface area contributed by atoms with Crippen molar-refractivity contribution >= 4 is 5.97 Å². The zero-order valence-corrected chi connectivity index (χ0v) is 9.83. The standard InChI is InChI=1S/C12H22O3/c1-3-5-9-14-10-7-8-12(13)15-11-6-4-2/h7-8H,3-6,9-11H2,1-2H3. The van der Waals surface area contributed by atoms with Gasteiger partial charge in [0.1, 0.15) is 0 Å². The van der Waals surface area contributed by atoms with Gasteiger partial charge in [0.05, 0.1) is 13.2 Å². The monoisotopic (exact) mass is 214 g/mol. The molecule has 3 heteroatoms. The normalized spacial score (nSPS) is 10.8. The molecule has 0 radical (unpaired) electrons. The van der Waals surface area contributed by atoms with E-state index in [9.17, 15) is 4.79 Å². The van der Waals surface area contributed by atoms with Crippen molar-refractivity contribution in [3.8, 4) is 0 Å². The lowest BCUT2D eigenvalue weighted by molar-refractivity contribution is -0.137. The number of esters is 1. The fraction of sp³-hybridized carbons (Fsp3) is 0.750. The Labute approximate surface area is 92.5 Å². The first-order valence-corrected chi connectivity index (χ1v) is 5.72. The highest BCUT2D eigenvalue weighted by molar-refractivity contribution is 5.81. The molecule has 0 unspecified atom stereocenters. The van der Waals surface area contributed by atoms with E-state index in [1.807, 2.05) is 0 Å². The van der Waals surface area contributed by atoms with Crippen molar-refractivity contribution in [3.63, 3.8) is 0 Å². The van der Waals surface area contributed by atoms with Gasteiger partial charge < -0.3 is 9.47 Å². The van der Waals surface area contributed by atoms with Crippen LogP contribution in [0.2, 0.25) is 0 Å². The topological polar surface area (TPSA) is 35.5 Å². The van der Waals surface area contributed by atoms with E-state index < -0.39 is 0 Å². The lowest BCUT2D eigenvalue weighted by atomic mass is 10.4. The molecule has 0 aliphatic carbocycles. The van der Waals surface area contributed by atoms with Gasteiger partial charge in [-0.25, -0.2) is 4.79 Å². The number of carbonyl (C=O) groups is 1. The molecule has 0 aromatic carbocycles. The van der Waals surface area contributed by atoms with E-state index in [0.29, 0.717) is 13.2 Å². The number of hydrogen-bond acceptors (Lipinski definition) is 3. The fourth-order valence-electron chi connectivity index (χ4n) is 0.907. The summed E-state index contributed by atoms with van der Waals surface area (Å²) in [5.74, 6) is -0.275. The van der Waals surface area contributed by atoms with Crippen LogP contribution in [0.25, 0.3) is 0 Å². The van der Waals surface area contributed by atoms with Gasteiger partial charge in [0, 0.05) is 12.7 Å². The molecule has 0 saturated carbocycles. The summed E-state index contributed by atoms with van der Waals surface area (Å²) < 4.78 is 10.2. The minimum Gasteiger partial charge on any atom is -0.463 e. The Balaban J connectivity index is 3.30. The van der Waals surface area contributed by atoms with Crippen LogP contribution in [-0.2, 0) is 14.3 Å². The summed E-state index contributed by atoms with van der Waals surface area (Å²) in [6.45, 7) is 5.93. The average Bonchev–Trinajstić information content (AvgIpc) is 2.23. The minimum atomic E-state index is -0.275. The quantitative estimate of drug-likeness (QED) is 0.336. The van der Waals surface area contributed by atoms with Gasteiger partial charge in [0.15, 0.2) is 0 Å². The van der Waals surface area contributed by atoms with Gasteiger partial charge >= 0.3 is 5.97 Å². The third-order valence-corrected chi connectivity index (χ3v) is 1.85. The Morgan fingerprint density at radius 1 is 1.13 bits per heavy atom. The molecule has 0 bridgehead atoms. The van der Waals surface area contributed by atoms with Crippen molar-refractivity contribution in [2.75, 3.05) is 19.8 Å². The zero-order chi connectivity index (χ0) is 11.4. The maximum Gasteiger partial charge on any atom is 0.330 e. The van der Waals surface area contributed by atoms with Crippen LogP contribution in [0, 0.1) is 0 Å². The van der Waals surface area contributed by atoms with Crippen molar-refractivity contribution < 1.29 is 14.3 Å². The minimum absolute atomic E-state index is 0.275. The highest BCUT2D eigenvalue weighted by atomic mass is 16.5. The summed E-state index contributed by atoms with van der Waals surface area (Å²) in [4.78, 5) is 11.0. The molecule has 0 saturated heterocycles. The summed E-state index contributed by atoms with van der Waals surface area (Å²) in [5.41, 5.74) is 0. The van der Waals surface area contributed by atoms with Crippen LogP contribution in [0.5, 0.6) is 0 Å². The molecular weight excluding hydrogens is 192 g/mol. The van der Waals surface area contributed by atoms with Crippen LogP contribution in [0.3, 0.4) is 0 Å². The number of rotatable bonds is 9. The lowest BCUT2D eigenvalue weighted by Crippen LogP contribution is -2.02. The van der Waals surface area contributed by atoms with Crippen molar-refractivity contribution in [3.05, 3.63) is 12.2 Å². The van der Waals surface area contributed by atoms with Crippen LogP contribution < -0.4 is 0 Å². The molecule has 0 aromatic heterocycles. The second-order valence-electron chi connectivity index (χ2n) is 3.35. The molecule has 3 nitrogen and oxygen atoms in total. The fourth-order valence-corrected chi connectivity index (χ4v) is 0.907. The third kappa shape index (κ3) is 11.1. The van der Waals surface area contributed by atoms with Crippen LogP contribution >= 0.6 is 0 Å². The van der Waals surface area contributed by atoms with Crippen LogP contribution in [0.15, 0.2) is 12.2 Å².